The molecule has 4 fully saturated rings. The van der Waals surface area contributed by atoms with Gasteiger partial charge in [-0.2, -0.15) is 0 Å². The number of allylic oxidation sites excluding steroid dienone is 1. The summed E-state index contributed by atoms with van der Waals surface area (Å²) in [7, 11) is 0. The zero-order valence-electron chi connectivity index (χ0n) is 27.0. The zero-order valence-corrected chi connectivity index (χ0v) is 27.0. The molecule has 2 aliphatic heterocycles. The summed E-state index contributed by atoms with van der Waals surface area (Å²) < 4.78 is 12.9. The number of aromatic amines is 2. The van der Waals surface area contributed by atoms with Crippen LogP contribution in [-0.4, -0.2) is 51.1 Å². The van der Waals surface area contributed by atoms with Gasteiger partial charge in [0.1, 0.15) is 5.82 Å². The molecule has 5 N–H and O–H groups in total. The summed E-state index contributed by atoms with van der Waals surface area (Å²) in [5.74, 6) is 2.72. The third kappa shape index (κ3) is 8.25. The second-order valence-electron chi connectivity index (χ2n) is 13.5. The van der Waals surface area contributed by atoms with Gasteiger partial charge in [0.05, 0.1) is 12.5 Å². The van der Waals surface area contributed by atoms with E-state index in [0.29, 0.717) is 11.4 Å². The molecular weight excluding hydrogens is 563 g/mol. The molecule has 0 spiro atoms. The third-order valence-corrected chi connectivity index (χ3v) is 10.5. The van der Waals surface area contributed by atoms with Crippen molar-refractivity contribution in [2.45, 2.75) is 83.8 Å². The largest absolute Gasteiger partial charge is 0.391 e. The Morgan fingerprint density at radius 2 is 1.80 bits per heavy atom. The van der Waals surface area contributed by atoms with Crippen molar-refractivity contribution < 1.29 is 14.3 Å². The Bertz CT molecular complexity index is 1560. The number of hydrogen-bond acceptors (Lipinski definition) is 3. The fourth-order valence-electron chi connectivity index (χ4n) is 7.85. The van der Waals surface area contributed by atoms with Crippen LogP contribution < -0.4 is 5.73 Å². The van der Waals surface area contributed by atoms with Crippen LogP contribution in [0.5, 0.6) is 0 Å². The number of amides is 1. The second kappa shape index (κ2) is 15.2. The lowest BCUT2D eigenvalue weighted by atomic mass is 9.74. The van der Waals surface area contributed by atoms with Crippen molar-refractivity contribution in [3.05, 3.63) is 84.5 Å². The third-order valence-electron chi connectivity index (χ3n) is 10.5. The molecule has 2 bridgehead atoms. The van der Waals surface area contributed by atoms with Crippen LogP contribution in [-0.2, 0) is 17.6 Å². The van der Waals surface area contributed by atoms with Gasteiger partial charge < -0.3 is 20.8 Å². The van der Waals surface area contributed by atoms with Crippen LogP contribution in [0.25, 0.3) is 21.8 Å². The maximum atomic E-state index is 12.9. The van der Waals surface area contributed by atoms with Crippen LogP contribution in [0, 0.1) is 29.5 Å². The standard InChI is InChI=1S/C17H22N2O.C11H20.C10H9FN2O/c20-17-9-12-5-6-16(17)19(11-12)8-7-13-10-18-15-4-2-1-3-14(13)15;1-4-10-7-6-9(3)11(5-2)8-10;11-7-1-2-9-8(4-7)6(5-13-9)3-10(12)14/h1-4,10,12,16-18,20H,5-9,11H2;4,9-11H,1,5-8H2,2-3H3;1-2,4-5,13H,3H2,(H2,12,14). The number of para-hydroxylation sites is 1. The number of nitrogens with zero attached hydrogens (tertiary/aromatic N) is 1. The Balaban J connectivity index is 0.000000141. The van der Waals surface area contributed by atoms with Crippen molar-refractivity contribution in [1.29, 1.82) is 0 Å². The Kier molecular flexibility index (Phi) is 11.2. The molecule has 4 heterocycles. The maximum Gasteiger partial charge on any atom is 0.221 e. The number of nitrogens with two attached hydrogens (primary N) is 1. The monoisotopic (exact) mass is 614 g/mol. The van der Waals surface area contributed by atoms with Crippen molar-refractivity contribution >= 4 is 27.7 Å². The highest BCUT2D eigenvalue weighted by Crippen LogP contribution is 2.36. The van der Waals surface area contributed by atoms with E-state index in [1.165, 1.54) is 73.7 Å². The highest BCUT2D eigenvalue weighted by atomic mass is 19.1. The molecule has 0 radical (unpaired) electrons. The van der Waals surface area contributed by atoms with Gasteiger partial charge in [-0.05, 0) is 104 Å². The van der Waals surface area contributed by atoms with Gasteiger partial charge in [-0.15, -0.1) is 6.58 Å². The van der Waals surface area contributed by atoms with E-state index in [1.54, 1.807) is 12.3 Å². The number of carbonyl (C=O) groups is 1. The van der Waals surface area contributed by atoms with E-state index in [1.807, 2.05) is 0 Å². The minimum absolute atomic E-state index is 0.0922. The van der Waals surface area contributed by atoms with Gasteiger partial charge in [-0.3, -0.25) is 9.69 Å². The average Bonchev–Trinajstić information content (AvgIpc) is 3.64. The summed E-state index contributed by atoms with van der Waals surface area (Å²) in [5, 5.41) is 12.2. The van der Waals surface area contributed by atoms with Crippen LogP contribution in [0.4, 0.5) is 4.39 Å². The Morgan fingerprint density at radius 1 is 1.04 bits per heavy atom. The van der Waals surface area contributed by atoms with E-state index in [9.17, 15) is 14.3 Å². The van der Waals surface area contributed by atoms with Crippen LogP contribution in [0.1, 0.15) is 69.9 Å². The molecule has 4 aromatic rings. The minimum Gasteiger partial charge on any atom is -0.391 e. The number of hydrogen-bond donors (Lipinski definition) is 4. The minimum atomic E-state index is -0.421. The number of nitrogens with one attached hydrogen (secondary N) is 2. The Labute approximate surface area is 267 Å². The number of benzene rings is 2. The molecule has 2 saturated carbocycles. The lowest BCUT2D eigenvalue weighted by Gasteiger charge is -2.48. The molecular formula is C38H51FN4O2. The number of fused-ring (bicyclic) bond motifs is 5. The number of halogens is 1. The van der Waals surface area contributed by atoms with Crippen LogP contribution in [0.3, 0.4) is 0 Å². The molecule has 1 amide bonds. The number of aliphatic hydroxyl groups is 1. The highest BCUT2D eigenvalue weighted by Gasteiger charge is 2.39. The second-order valence-corrected chi connectivity index (χ2v) is 13.5. The normalized spacial score (nSPS) is 26.1. The first-order valence-electron chi connectivity index (χ1n) is 16.9. The molecule has 6 nitrogen and oxygen atoms in total. The molecule has 4 aliphatic rings. The first-order valence-corrected chi connectivity index (χ1v) is 16.9. The number of piperidine rings is 2. The van der Waals surface area contributed by atoms with Gasteiger partial charge in [0, 0.05) is 53.3 Å². The molecule has 2 aromatic carbocycles. The van der Waals surface area contributed by atoms with Crippen molar-refractivity contribution in [3.63, 3.8) is 0 Å². The summed E-state index contributed by atoms with van der Waals surface area (Å²) in [4.78, 5) is 19.5. The van der Waals surface area contributed by atoms with Gasteiger partial charge in [0.15, 0.2) is 0 Å². The molecule has 6 unspecified atom stereocenters. The molecule has 2 saturated heterocycles. The number of aromatic nitrogens is 2. The molecule has 7 heteroatoms. The molecule has 242 valence electrons. The number of carbonyl (C=O) groups excluding carboxylic acids is 1. The molecule has 45 heavy (non-hydrogen) atoms. The number of H-pyrrole nitrogens is 2. The number of primary amides is 1. The SMILES string of the molecule is C=CC1CCC(C)C(CC)C1.NC(=O)Cc1c[nH]c2ccc(F)cc12.OC1CC2CCC1N(CCc1c[nH]c3ccccc13)C2. The predicted molar refractivity (Wildman–Crippen MR) is 182 cm³/mol. The molecule has 6 atom stereocenters. The van der Waals surface area contributed by atoms with E-state index in [4.69, 9.17) is 5.73 Å². The Hall–Kier alpha value is -3.42. The molecule has 2 aromatic heterocycles. The predicted octanol–water partition coefficient (Wildman–Crippen LogP) is 7.53. The van der Waals surface area contributed by atoms with Crippen molar-refractivity contribution in [2.24, 2.45) is 29.4 Å². The van der Waals surface area contributed by atoms with Gasteiger partial charge in [0.2, 0.25) is 5.91 Å². The van der Waals surface area contributed by atoms with Gasteiger partial charge in [-0.25, -0.2) is 4.39 Å². The Morgan fingerprint density at radius 3 is 2.51 bits per heavy atom. The fraction of sp³-hybridized carbons (Fsp3) is 0.500. The van der Waals surface area contributed by atoms with Gasteiger partial charge in [0.25, 0.3) is 0 Å². The van der Waals surface area contributed by atoms with Crippen molar-refractivity contribution in [3.8, 4) is 0 Å². The first kappa shape index (κ1) is 33.0. The van der Waals surface area contributed by atoms with E-state index in [-0.39, 0.29) is 18.3 Å². The lowest BCUT2D eigenvalue weighted by molar-refractivity contribution is -0.117. The van der Waals surface area contributed by atoms with E-state index in [2.05, 4.69) is 71.8 Å². The summed E-state index contributed by atoms with van der Waals surface area (Å²) in [5.41, 5.74) is 9.23. The average molecular weight is 615 g/mol. The summed E-state index contributed by atoms with van der Waals surface area (Å²) in [6.07, 6.45) is 16.1. The quantitative estimate of drug-likeness (QED) is 0.162. The zero-order chi connectivity index (χ0) is 31.9. The number of rotatable bonds is 7. The van der Waals surface area contributed by atoms with E-state index >= 15 is 0 Å². The number of aliphatic hydroxyl groups excluding tert-OH is 1. The van der Waals surface area contributed by atoms with E-state index < -0.39 is 5.91 Å². The van der Waals surface area contributed by atoms with Gasteiger partial charge in [-0.1, -0.05) is 44.5 Å². The van der Waals surface area contributed by atoms with E-state index in [0.717, 1.165) is 54.1 Å². The summed E-state index contributed by atoms with van der Waals surface area (Å²) in [6, 6.07) is 13.3. The van der Waals surface area contributed by atoms with Crippen LogP contribution in [0.15, 0.2) is 67.5 Å². The van der Waals surface area contributed by atoms with Gasteiger partial charge >= 0.3 is 0 Å². The van der Waals surface area contributed by atoms with Crippen molar-refractivity contribution in [2.75, 3.05) is 13.1 Å². The maximum absolute atomic E-state index is 12.9. The lowest BCUT2D eigenvalue weighted by Crippen LogP contribution is -2.55. The topological polar surface area (TPSA) is 98.1 Å². The van der Waals surface area contributed by atoms with Crippen LogP contribution >= 0.6 is 0 Å². The highest BCUT2D eigenvalue weighted by molar-refractivity contribution is 5.88. The van der Waals surface area contributed by atoms with Crippen LogP contribution in [0.2, 0.25) is 0 Å². The van der Waals surface area contributed by atoms with Crippen molar-refractivity contribution in [1.82, 2.24) is 14.9 Å². The first-order chi connectivity index (χ1) is 21.7. The summed E-state index contributed by atoms with van der Waals surface area (Å²) in [6.45, 7) is 10.8. The fourth-order valence-corrected chi connectivity index (χ4v) is 7.85. The smallest absolute Gasteiger partial charge is 0.221 e. The molecule has 2 aliphatic carbocycles. The summed E-state index contributed by atoms with van der Waals surface area (Å²) >= 11 is 0. The molecule has 8 rings (SSSR count).